The Balaban J connectivity index is 1.59. The van der Waals surface area contributed by atoms with Crippen molar-refractivity contribution in [3.63, 3.8) is 0 Å². The van der Waals surface area contributed by atoms with Gasteiger partial charge in [0.2, 0.25) is 0 Å². The number of carbonyl (C=O) groups excluding carboxylic acids is 2. The van der Waals surface area contributed by atoms with Crippen LogP contribution in [0.3, 0.4) is 0 Å². The van der Waals surface area contributed by atoms with Gasteiger partial charge in [-0.3, -0.25) is 4.79 Å². The van der Waals surface area contributed by atoms with E-state index in [4.69, 9.17) is 32.9 Å². The topological polar surface area (TPSA) is 68.3 Å². The molecule has 2 heterocycles. The summed E-state index contributed by atoms with van der Waals surface area (Å²) in [7, 11) is 1.36. The second kappa shape index (κ2) is 9.61. The molecule has 35 heavy (non-hydrogen) atoms. The fraction of sp³-hybridized carbons (Fsp3) is 0.222. The number of esters is 1. The van der Waals surface area contributed by atoms with E-state index in [2.05, 4.69) is 12.2 Å². The first-order valence-electron chi connectivity index (χ1n) is 11.2. The number of halogens is 2. The fourth-order valence-corrected chi connectivity index (χ4v) is 6.19. The number of amides is 1. The van der Waals surface area contributed by atoms with Gasteiger partial charge in [-0.25, -0.2) is 9.78 Å². The van der Waals surface area contributed by atoms with Crippen molar-refractivity contribution < 1.29 is 14.3 Å². The molecule has 5 rings (SSSR count). The molecule has 0 saturated carbocycles. The molecule has 1 atom stereocenters. The van der Waals surface area contributed by atoms with Gasteiger partial charge >= 0.3 is 5.97 Å². The summed E-state index contributed by atoms with van der Waals surface area (Å²) in [5.74, 6) is -0.210. The normalized spacial score (nSPS) is 15.0. The van der Waals surface area contributed by atoms with Gasteiger partial charge in [-0.2, -0.15) is 0 Å². The molecule has 5 nitrogen and oxygen atoms in total. The van der Waals surface area contributed by atoms with Gasteiger partial charge < -0.3 is 10.1 Å². The monoisotopic (exact) mass is 524 g/mol. The van der Waals surface area contributed by atoms with E-state index in [1.165, 1.54) is 18.4 Å². The Morgan fingerprint density at radius 3 is 2.69 bits per heavy atom. The minimum Gasteiger partial charge on any atom is -0.465 e. The van der Waals surface area contributed by atoms with E-state index in [9.17, 15) is 9.59 Å². The quantitative estimate of drug-likeness (QED) is 0.281. The smallest absolute Gasteiger partial charge is 0.341 e. The third-order valence-electron chi connectivity index (χ3n) is 6.30. The molecule has 8 heteroatoms. The number of ether oxygens (including phenoxy) is 1. The Morgan fingerprint density at radius 2 is 1.91 bits per heavy atom. The first-order valence-corrected chi connectivity index (χ1v) is 12.8. The van der Waals surface area contributed by atoms with Gasteiger partial charge in [0.05, 0.1) is 39.5 Å². The number of rotatable bonds is 4. The predicted molar refractivity (Wildman–Crippen MR) is 142 cm³/mol. The highest BCUT2D eigenvalue weighted by Crippen LogP contribution is 2.40. The van der Waals surface area contributed by atoms with Gasteiger partial charge in [0.25, 0.3) is 5.91 Å². The number of hydrogen-bond donors (Lipinski definition) is 1. The second-order valence-corrected chi connectivity index (χ2v) is 10.6. The molecule has 1 N–H and O–H groups in total. The van der Waals surface area contributed by atoms with Gasteiger partial charge in [-0.05, 0) is 55.0 Å². The van der Waals surface area contributed by atoms with E-state index in [-0.39, 0.29) is 5.91 Å². The highest BCUT2D eigenvalue weighted by atomic mass is 35.5. The summed E-state index contributed by atoms with van der Waals surface area (Å²) in [6, 6.07) is 14.4. The lowest BCUT2D eigenvalue weighted by Gasteiger charge is -2.18. The number of para-hydroxylation sites is 1. The molecular weight excluding hydrogens is 503 g/mol. The third kappa shape index (κ3) is 4.54. The van der Waals surface area contributed by atoms with Gasteiger partial charge in [0.15, 0.2) is 0 Å². The van der Waals surface area contributed by atoms with Crippen LogP contribution in [0.2, 0.25) is 10.0 Å². The van der Waals surface area contributed by atoms with Crippen LogP contribution in [-0.2, 0) is 17.6 Å². The number of nitrogens with zero attached hydrogens (tertiary/aromatic N) is 1. The van der Waals surface area contributed by atoms with Gasteiger partial charge in [-0.1, -0.05) is 54.4 Å². The number of benzene rings is 2. The van der Waals surface area contributed by atoms with Crippen LogP contribution >= 0.6 is 34.5 Å². The number of hydrogen-bond acceptors (Lipinski definition) is 5. The minimum atomic E-state index is -0.427. The van der Waals surface area contributed by atoms with Crippen LogP contribution in [0, 0.1) is 5.92 Å². The summed E-state index contributed by atoms with van der Waals surface area (Å²) in [5.41, 5.74) is 3.93. The molecule has 2 aromatic carbocycles. The molecule has 4 aromatic rings. The van der Waals surface area contributed by atoms with Crippen LogP contribution in [0.1, 0.15) is 44.5 Å². The molecule has 1 aliphatic rings. The zero-order valence-corrected chi connectivity index (χ0v) is 21.5. The fourth-order valence-electron chi connectivity index (χ4n) is 4.49. The molecule has 0 aliphatic heterocycles. The Morgan fingerprint density at radius 1 is 1.11 bits per heavy atom. The van der Waals surface area contributed by atoms with Crippen LogP contribution in [-0.4, -0.2) is 24.0 Å². The first kappa shape index (κ1) is 23.8. The van der Waals surface area contributed by atoms with E-state index in [1.54, 1.807) is 18.2 Å². The molecule has 1 unspecified atom stereocenters. The molecule has 0 radical (unpaired) electrons. The standard InChI is InChI=1S/C27H22Cl2N2O3S/c1-14-7-9-17-23(11-14)35-26(24(17)27(33)34-2)31-25(32)18-13-22(15-8-10-19(28)20(29)12-15)30-21-6-4-3-5-16(18)21/h3-6,8,10,12-14H,7,9,11H2,1-2H3,(H,31,32). The van der Waals surface area contributed by atoms with Crippen molar-refractivity contribution in [3.05, 3.63) is 80.1 Å². The molecule has 2 aromatic heterocycles. The number of anilines is 1. The minimum absolute atomic E-state index is 0.318. The van der Waals surface area contributed by atoms with Crippen LogP contribution in [0.5, 0.6) is 0 Å². The summed E-state index contributed by atoms with van der Waals surface area (Å²) in [6.45, 7) is 2.20. The van der Waals surface area contributed by atoms with Gasteiger partial charge in [0, 0.05) is 15.8 Å². The second-order valence-electron chi connectivity index (χ2n) is 8.70. The van der Waals surface area contributed by atoms with E-state index < -0.39 is 5.97 Å². The predicted octanol–water partition coefficient (Wildman–Crippen LogP) is 7.43. The Bertz CT molecular complexity index is 1480. The Labute approximate surface area is 217 Å². The van der Waals surface area contributed by atoms with Crippen LogP contribution in [0.25, 0.3) is 22.2 Å². The molecule has 0 spiro atoms. The van der Waals surface area contributed by atoms with Crippen molar-refractivity contribution >= 4 is 62.3 Å². The summed E-state index contributed by atoms with van der Waals surface area (Å²) >= 11 is 13.8. The molecule has 0 bridgehead atoms. The van der Waals surface area contributed by atoms with Crippen LogP contribution in [0.15, 0.2) is 48.5 Å². The van der Waals surface area contributed by atoms with Gasteiger partial charge in [0.1, 0.15) is 5.00 Å². The summed E-state index contributed by atoms with van der Waals surface area (Å²) < 4.78 is 5.07. The van der Waals surface area contributed by atoms with Crippen molar-refractivity contribution in [1.29, 1.82) is 0 Å². The summed E-state index contributed by atoms with van der Waals surface area (Å²) in [6.07, 6.45) is 2.69. The number of thiophene rings is 1. The van der Waals surface area contributed by atoms with Gasteiger partial charge in [-0.15, -0.1) is 11.3 Å². The van der Waals surface area contributed by atoms with E-state index in [1.807, 2.05) is 30.3 Å². The largest absolute Gasteiger partial charge is 0.465 e. The zero-order chi connectivity index (χ0) is 24.7. The number of pyridine rings is 1. The average Bonchev–Trinajstić information content (AvgIpc) is 3.21. The van der Waals surface area contributed by atoms with Crippen molar-refractivity contribution in [3.8, 4) is 11.3 Å². The van der Waals surface area contributed by atoms with Crippen molar-refractivity contribution in [2.45, 2.75) is 26.2 Å². The average molecular weight is 525 g/mol. The molecule has 1 amide bonds. The van der Waals surface area contributed by atoms with Crippen molar-refractivity contribution in [2.75, 3.05) is 12.4 Å². The molecule has 1 aliphatic carbocycles. The van der Waals surface area contributed by atoms with Crippen LogP contribution < -0.4 is 5.32 Å². The molecule has 0 saturated heterocycles. The third-order valence-corrected chi connectivity index (χ3v) is 8.21. The van der Waals surface area contributed by atoms with E-state index in [0.717, 1.165) is 35.3 Å². The molecule has 178 valence electrons. The van der Waals surface area contributed by atoms with Crippen molar-refractivity contribution in [2.24, 2.45) is 5.92 Å². The number of nitrogens with one attached hydrogen (secondary N) is 1. The number of aromatic nitrogens is 1. The summed E-state index contributed by atoms with van der Waals surface area (Å²) in [5, 5.41) is 5.10. The molecule has 0 fully saturated rings. The number of methoxy groups -OCH3 is 1. The van der Waals surface area contributed by atoms with Crippen LogP contribution in [0.4, 0.5) is 5.00 Å². The molecular formula is C27H22Cl2N2O3S. The highest BCUT2D eigenvalue weighted by molar-refractivity contribution is 7.17. The maximum absolute atomic E-state index is 13.6. The first-order chi connectivity index (χ1) is 16.9. The lowest BCUT2D eigenvalue weighted by molar-refractivity contribution is 0.0601. The SMILES string of the molecule is COC(=O)c1c(NC(=O)c2cc(-c3ccc(Cl)c(Cl)c3)nc3ccccc23)sc2c1CCC(C)C2. The maximum Gasteiger partial charge on any atom is 0.341 e. The zero-order valence-electron chi connectivity index (χ0n) is 19.2. The maximum atomic E-state index is 13.6. The number of fused-ring (bicyclic) bond motifs is 2. The number of carbonyl (C=O) groups is 2. The lowest BCUT2D eigenvalue weighted by atomic mass is 9.88. The Kier molecular flexibility index (Phi) is 6.53. The highest BCUT2D eigenvalue weighted by Gasteiger charge is 2.29. The lowest BCUT2D eigenvalue weighted by Crippen LogP contribution is -2.16. The van der Waals surface area contributed by atoms with E-state index in [0.29, 0.717) is 48.7 Å². The summed E-state index contributed by atoms with van der Waals surface area (Å²) in [4.78, 5) is 32.2. The van der Waals surface area contributed by atoms with E-state index >= 15 is 0 Å². The Hall–Kier alpha value is -2.93. The van der Waals surface area contributed by atoms with Crippen molar-refractivity contribution in [1.82, 2.24) is 4.98 Å².